The van der Waals surface area contributed by atoms with Crippen LogP contribution in [0.25, 0.3) is 0 Å². The molecule has 0 heterocycles. The second-order valence-corrected chi connectivity index (χ2v) is 6.13. The van der Waals surface area contributed by atoms with Crippen LogP contribution in [0.5, 0.6) is 0 Å². The molecular weight excluding hydrogens is 272 g/mol. The lowest BCUT2D eigenvalue weighted by Gasteiger charge is -2.25. The minimum Gasteiger partial charge on any atom is -0.378 e. The average molecular weight is 294 g/mol. The number of fused-ring (bicyclic) bond motifs is 1. The lowest BCUT2D eigenvalue weighted by molar-refractivity contribution is 0.0933. The van der Waals surface area contributed by atoms with Gasteiger partial charge in [-0.15, -0.1) is 0 Å². The number of benzene rings is 2. The lowest BCUT2D eigenvalue weighted by atomic mass is 9.88. The van der Waals surface area contributed by atoms with Crippen LogP contribution < -0.4 is 10.2 Å². The standard InChI is InChI=1S/C19H22N2O/c1-21(2)18-9-5-8-16(13-18)19(22)20-17-11-10-14-6-3-4-7-15(14)12-17/h3-9,13,17H,10-12H2,1-2H3,(H,20,22). The molecule has 1 amide bonds. The summed E-state index contributed by atoms with van der Waals surface area (Å²) >= 11 is 0. The highest BCUT2D eigenvalue weighted by molar-refractivity contribution is 5.95. The van der Waals surface area contributed by atoms with E-state index in [0.717, 1.165) is 30.5 Å². The highest BCUT2D eigenvalue weighted by Gasteiger charge is 2.20. The predicted molar refractivity (Wildman–Crippen MR) is 90.5 cm³/mol. The van der Waals surface area contributed by atoms with E-state index in [0.29, 0.717) is 0 Å². The van der Waals surface area contributed by atoms with E-state index in [1.54, 1.807) is 0 Å². The van der Waals surface area contributed by atoms with Crippen molar-refractivity contribution >= 4 is 11.6 Å². The van der Waals surface area contributed by atoms with Crippen molar-refractivity contribution in [2.24, 2.45) is 0 Å². The molecule has 1 atom stereocenters. The van der Waals surface area contributed by atoms with Crippen molar-refractivity contribution in [3.8, 4) is 0 Å². The molecule has 0 saturated heterocycles. The fourth-order valence-electron chi connectivity index (χ4n) is 3.02. The number of carbonyl (C=O) groups is 1. The summed E-state index contributed by atoms with van der Waals surface area (Å²) in [5, 5.41) is 3.18. The van der Waals surface area contributed by atoms with Crippen LogP contribution in [0.15, 0.2) is 48.5 Å². The molecule has 0 aromatic heterocycles. The topological polar surface area (TPSA) is 32.3 Å². The van der Waals surface area contributed by atoms with E-state index in [1.165, 1.54) is 11.1 Å². The van der Waals surface area contributed by atoms with Gasteiger partial charge in [-0.3, -0.25) is 4.79 Å². The van der Waals surface area contributed by atoms with Crippen molar-refractivity contribution in [1.29, 1.82) is 0 Å². The summed E-state index contributed by atoms with van der Waals surface area (Å²) in [5.41, 5.74) is 4.55. The first-order valence-corrected chi connectivity index (χ1v) is 7.78. The number of carbonyl (C=O) groups excluding carboxylic acids is 1. The van der Waals surface area contributed by atoms with Gasteiger partial charge in [0.15, 0.2) is 0 Å². The van der Waals surface area contributed by atoms with E-state index in [2.05, 4.69) is 29.6 Å². The summed E-state index contributed by atoms with van der Waals surface area (Å²) in [7, 11) is 3.96. The Labute approximate surface area is 132 Å². The molecule has 0 saturated carbocycles. The van der Waals surface area contributed by atoms with Gasteiger partial charge >= 0.3 is 0 Å². The molecule has 1 aliphatic rings. The minimum absolute atomic E-state index is 0.0214. The zero-order valence-corrected chi connectivity index (χ0v) is 13.2. The molecule has 0 aliphatic heterocycles. The Bertz CT molecular complexity index is 679. The normalized spacial score (nSPS) is 16.7. The summed E-state index contributed by atoms with van der Waals surface area (Å²) in [6, 6.07) is 16.5. The van der Waals surface area contributed by atoms with Gasteiger partial charge in [0.05, 0.1) is 0 Å². The highest BCUT2D eigenvalue weighted by atomic mass is 16.1. The lowest BCUT2D eigenvalue weighted by Crippen LogP contribution is -2.38. The van der Waals surface area contributed by atoms with Crippen LogP contribution in [0.2, 0.25) is 0 Å². The number of nitrogens with one attached hydrogen (secondary N) is 1. The third kappa shape index (κ3) is 3.14. The Kier molecular flexibility index (Phi) is 4.14. The monoisotopic (exact) mass is 294 g/mol. The maximum atomic E-state index is 12.5. The van der Waals surface area contributed by atoms with Gasteiger partial charge < -0.3 is 10.2 Å². The van der Waals surface area contributed by atoms with Gasteiger partial charge in [-0.05, 0) is 48.6 Å². The smallest absolute Gasteiger partial charge is 0.251 e. The fourth-order valence-corrected chi connectivity index (χ4v) is 3.02. The van der Waals surface area contributed by atoms with Crippen molar-refractivity contribution in [3.05, 3.63) is 65.2 Å². The summed E-state index contributed by atoms with van der Waals surface area (Å²) in [6.07, 6.45) is 2.98. The van der Waals surface area contributed by atoms with Gasteiger partial charge in [0.1, 0.15) is 0 Å². The Balaban J connectivity index is 1.69. The van der Waals surface area contributed by atoms with Gasteiger partial charge in [0.25, 0.3) is 5.91 Å². The van der Waals surface area contributed by atoms with Gasteiger partial charge in [0.2, 0.25) is 0 Å². The van der Waals surface area contributed by atoms with Crippen LogP contribution in [0.3, 0.4) is 0 Å². The zero-order valence-electron chi connectivity index (χ0n) is 13.2. The van der Waals surface area contributed by atoms with Gasteiger partial charge in [-0.2, -0.15) is 0 Å². The van der Waals surface area contributed by atoms with Crippen molar-refractivity contribution < 1.29 is 4.79 Å². The van der Waals surface area contributed by atoms with Crippen LogP contribution >= 0.6 is 0 Å². The number of rotatable bonds is 3. The summed E-state index contributed by atoms with van der Waals surface area (Å²) in [5.74, 6) is 0.0214. The molecule has 1 unspecified atom stereocenters. The second-order valence-electron chi connectivity index (χ2n) is 6.13. The number of hydrogen-bond donors (Lipinski definition) is 1. The largest absolute Gasteiger partial charge is 0.378 e. The van der Waals surface area contributed by atoms with Crippen LogP contribution in [0.1, 0.15) is 27.9 Å². The van der Waals surface area contributed by atoms with Crippen LogP contribution in [-0.2, 0) is 12.8 Å². The van der Waals surface area contributed by atoms with E-state index in [4.69, 9.17) is 0 Å². The van der Waals surface area contributed by atoms with E-state index in [1.807, 2.05) is 43.3 Å². The number of nitrogens with zero attached hydrogens (tertiary/aromatic N) is 1. The molecule has 0 spiro atoms. The number of anilines is 1. The number of aryl methyl sites for hydroxylation is 1. The second kappa shape index (κ2) is 6.22. The molecular formula is C19H22N2O. The molecule has 2 aromatic rings. The van der Waals surface area contributed by atoms with E-state index < -0.39 is 0 Å². The summed E-state index contributed by atoms with van der Waals surface area (Å²) < 4.78 is 0. The van der Waals surface area contributed by atoms with Gasteiger partial charge in [-0.1, -0.05) is 30.3 Å². The summed E-state index contributed by atoms with van der Waals surface area (Å²) in [4.78, 5) is 14.5. The first-order chi connectivity index (χ1) is 10.6. The quantitative estimate of drug-likeness (QED) is 0.943. The molecule has 0 radical (unpaired) electrons. The molecule has 22 heavy (non-hydrogen) atoms. The third-order valence-electron chi connectivity index (χ3n) is 4.31. The molecule has 1 aliphatic carbocycles. The molecule has 3 rings (SSSR count). The molecule has 1 N–H and O–H groups in total. The van der Waals surface area contributed by atoms with E-state index in [-0.39, 0.29) is 11.9 Å². The Morgan fingerprint density at radius 1 is 1.09 bits per heavy atom. The van der Waals surface area contributed by atoms with Crippen LogP contribution in [-0.4, -0.2) is 26.0 Å². The summed E-state index contributed by atoms with van der Waals surface area (Å²) in [6.45, 7) is 0. The molecule has 114 valence electrons. The number of hydrogen-bond acceptors (Lipinski definition) is 2. The molecule has 2 aromatic carbocycles. The maximum absolute atomic E-state index is 12.5. The average Bonchev–Trinajstić information content (AvgIpc) is 2.55. The Morgan fingerprint density at radius 2 is 1.86 bits per heavy atom. The van der Waals surface area contributed by atoms with E-state index >= 15 is 0 Å². The number of amides is 1. The molecule has 3 nitrogen and oxygen atoms in total. The van der Waals surface area contributed by atoms with Crippen molar-refractivity contribution in [2.75, 3.05) is 19.0 Å². The van der Waals surface area contributed by atoms with Crippen molar-refractivity contribution in [2.45, 2.75) is 25.3 Å². The minimum atomic E-state index is 0.0214. The van der Waals surface area contributed by atoms with Crippen molar-refractivity contribution in [3.63, 3.8) is 0 Å². The SMILES string of the molecule is CN(C)c1cccc(C(=O)NC2CCc3ccccc3C2)c1. The molecule has 3 heteroatoms. The molecule has 0 fully saturated rings. The predicted octanol–water partition coefficient (Wildman–Crippen LogP) is 3.04. The first-order valence-electron chi connectivity index (χ1n) is 7.78. The third-order valence-corrected chi connectivity index (χ3v) is 4.31. The van der Waals surface area contributed by atoms with E-state index in [9.17, 15) is 4.79 Å². The first kappa shape index (κ1) is 14.6. The molecule has 0 bridgehead atoms. The van der Waals surface area contributed by atoms with Gasteiger partial charge in [-0.25, -0.2) is 0 Å². The highest BCUT2D eigenvalue weighted by Crippen LogP contribution is 2.21. The van der Waals surface area contributed by atoms with Crippen LogP contribution in [0.4, 0.5) is 5.69 Å². The maximum Gasteiger partial charge on any atom is 0.251 e. The van der Waals surface area contributed by atoms with Crippen molar-refractivity contribution in [1.82, 2.24) is 5.32 Å². The van der Waals surface area contributed by atoms with Crippen LogP contribution in [0, 0.1) is 0 Å². The Morgan fingerprint density at radius 3 is 2.64 bits per heavy atom. The zero-order chi connectivity index (χ0) is 15.5. The Hall–Kier alpha value is -2.29. The fraction of sp³-hybridized carbons (Fsp3) is 0.316. The van der Waals surface area contributed by atoms with Gasteiger partial charge in [0, 0.05) is 31.4 Å².